The molecule has 0 radical (unpaired) electrons. The molecule has 2 rings (SSSR count). The van der Waals surface area contributed by atoms with E-state index in [9.17, 15) is 9.59 Å². The third-order valence-corrected chi connectivity index (χ3v) is 3.72. The van der Waals surface area contributed by atoms with E-state index in [0.29, 0.717) is 6.54 Å². The first kappa shape index (κ1) is 17.7. The Kier molecular flexibility index (Phi) is 6.51. The van der Waals surface area contributed by atoms with Crippen molar-refractivity contribution in [3.05, 3.63) is 71.8 Å². The Morgan fingerprint density at radius 2 is 1.50 bits per heavy atom. The van der Waals surface area contributed by atoms with E-state index in [0.717, 1.165) is 11.1 Å². The van der Waals surface area contributed by atoms with Gasteiger partial charge in [0.05, 0.1) is 12.5 Å². The van der Waals surface area contributed by atoms with Crippen molar-refractivity contribution >= 4 is 11.8 Å². The summed E-state index contributed by atoms with van der Waals surface area (Å²) in [6.45, 7) is 1.80. The Balaban J connectivity index is 1.92. The summed E-state index contributed by atoms with van der Waals surface area (Å²) >= 11 is 0. The second-order valence-electron chi connectivity index (χ2n) is 5.69. The van der Waals surface area contributed by atoms with E-state index < -0.39 is 0 Å². The fourth-order valence-electron chi connectivity index (χ4n) is 2.48. The predicted molar refractivity (Wildman–Crippen MR) is 94.0 cm³/mol. The van der Waals surface area contributed by atoms with Crippen LogP contribution >= 0.6 is 0 Å². The zero-order chi connectivity index (χ0) is 17.4. The molecule has 0 saturated heterocycles. The van der Waals surface area contributed by atoms with E-state index in [1.165, 1.54) is 6.92 Å². The quantitative estimate of drug-likeness (QED) is 0.728. The molecule has 2 amide bonds. The van der Waals surface area contributed by atoms with Crippen LogP contribution in [0, 0.1) is 0 Å². The van der Waals surface area contributed by atoms with E-state index in [2.05, 4.69) is 10.6 Å². The van der Waals surface area contributed by atoms with Crippen LogP contribution in [-0.2, 0) is 9.59 Å². The van der Waals surface area contributed by atoms with Crippen molar-refractivity contribution in [2.75, 3.05) is 6.54 Å². The van der Waals surface area contributed by atoms with Gasteiger partial charge in [-0.25, -0.2) is 0 Å². The Hall–Kier alpha value is -2.66. The number of hydrogen-bond acceptors (Lipinski definition) is 3. The van der Waals surface area contributed by atoms with Gasteiger partial charge in [0, 0.05) is 19.5 Å². The van der Waals surface area contributed by atoms with Gasteiger partial charge in [0.15, 0.2) is 0 Å². The molecule has 0 fully saturated rings. The van der Waals surface area contributed by atoms with Crippen molar-refractivity contribution < 1.29 is 9.59 Å². The molecule has 0 aromatic heterocycles. The van der Waals surface area contributed by atoms with Crippen molar-refractivity contribution in [1.82, 2.24) is 10.6 Å². The third kappa shape index (κ3) is 5.52. The van der Waals surface area contributed by atoms with Crippen LogP contribution in [0.25, 0.3) is 0 Å². The number of nitrogens with two attached hydrogens (primary N) is 1. The minimum atomic E-state index is -0.350. The van der Waals surface area contributed by atoms with Gasteiger partial charge >= 0.3 is 0 Å². The Morgan fingerprint density at radius 1 is 0.958 bits per heavy atom. The molecule has 5 heteroatoms. The normalized spacial score (nSPS) is 12.9. The van der Waals surface area contributed by atoms with Gasteiger partial charge in [0.1, 0.15) is 0 Å². The molecule has 2 aromatic carbocycles. The van der Waals surface area contributed by atoms with Crippen LogP contribution in [0.2, 0.25) is 0 Å². The topological polar surface area (TPSA) is 84.2 Å². The van der Waals surface area contributed by atoms with Gasteiger partial charge in [-0.1, -0.05) is 60.7 Å². The lowest BCUT2D eigenvalue weighted by Gasteiger charge is -2.19. The zero-order valence-electron chi connectivity index (χ0n) is 13.7. The molecule has 5 nitrogen and oxygen atoms in total. The van der Waals surface area contributed by atoms with Gasteiger partial charge in [0.25, 0.3) is 0 Å². The maximum absolute atomic E-state index is 12.2. The average molecular weight is 325 g/mol. The highest BCUT2D eigenvalue weighted by Gasteiger charge is 2.17. The smallest absolute Gasteiger partial charge is 0.222 e. The molecule has 126 valence electrons. The summed E-state index contributed by atoms with van der Waals surface area (Å²) in [6, 6.07) is 18.5. The number of nitrogens with one attached hydrogen (secondary N) is 2. The van der Waals surface area contributed by atoms with Crippen LogP contribution in [0.3, 0.4) is 0 Å². The second kappa shape index (κ2) is 8.84. The first-order valence-electron chi connectivity index (χ1n) is 7.95. The second-order valence-corrected chi connectivity index (χ2v) is 5.69. The summed E-state index contributed by atoms with van der Waals surface area (Å²) in [5.41, 5.74) is 7.95. The van der Waals surface area contributed by atoms with Crippen molar-refractivity contribution in [3.8, 4) is 0 Å². The minimum absolute atomic E-state index is 0.149. The Morgan fingerprint density at radius 3 is 2.04 bits per heavy atom. The molecule has 0 heterocycles. The van der Waals surface area contributed by atoms with E-state index in [4.69, 9.17) is 5.73 Å². The molecule has 0 aliphatic rings. The lowest BCUT2D eigenvalue weighted by atomic mass is 10.0. The minimum Gasteiger partial charge on any atom is -0.354 e. The van der Waals surface area contributed by atoms with Crippen LogP contribution in [0.4, 0.5) is 0 Å². The van der Waals surface area contributed by atoms with Gasteiger partial charge in [-0.2, -0.15) is 0 Å². The number of rotatable bonds is 7. The van der Waals surface area contributed by atoms with Crippen LogP contribution < -0.4 is 16.4 Å². The van der Waals surface area contributed by atoms with Gasteiger partial charge in [-0.3, -0.25) is 9.59 Å². The van der Waals surface area contributed by atoms with E-state index >= 15 is 0 Å². The molecule has 0 bridgehead atoms. The average Bonchev–Trinajstić information content (AvgIpc) is 2.60. The van der Waals surface area contributed by atoms with E-state index in [-0.39, 0.29) is 30.3 Å². The number of carbonyl (C=O) groups is 2. The van der Waals surface area contributed by atoms with Crippen LogP contribution in [0.1, 0.15) is 36.6 Å². The molecule has 0 spiro atoms. The fraction of sp³-hybridized carbons (Fsp3) is 0.263. The summed E-state index contributed by atoms with van der Waals surface area (Å²) in [7, 11) is 0. The summed E-state index contributed by atoms with van der Waals surface area (Å²) < 4.78 is 0. The van der Waals surface area contributed by atoms with Crippen LogP contribution in [0.15, 0.2) is 60.7 Å². The van der Waals surface area contributed by atoms with E-state index in [1.807, 2.05) is 60.7 Å². The van der Waals surface area contributed by atoms with Crippen LogP contribution in [0.5, 0.6) is 0 Å². The molecule has 24 heavy (non-hydrogen) atoms. The molecular formula is C19H23N3O2. The van der Waals surface area contributed by atoms with Crippen molar-refractivity contribution in [2.24, 2.45) is 5.73 Å². The summed E-state index contributed by atoms with van der Waals surface area (Å²) in [4.78, 5) is 23.6. The van der Waals surface area contributed by atoms with Gasteiger partial charge in [-0.15, -0.1) is 0 Å². The highest BCUT2D eigenvalue weighted by Crippen LogP contribution is 2.16. The summed E-state index contributed by atoms with van der Waals surface area (Å²) in [6.07, 6.45) is 0.172. The maximum Gasteiger partial charge on any atom is 0.222 e. The standard InChI is InChI=1S/C19H23N3O2/c1-14(23)22-18(16-10-6-3-7-11-16)12-19(24)21-13-17(20)15-8-4-2-5-9-15/h2-11,17-18H,12-13,20H2,1H3,(H,21,24)(H,22,23). The Bertz CT molecular complexity index is 659. The molecule has 4 N–H and O–H groups in total. The lowest BCUT2D eigenvalue weighted by Crippen LogP contribution is -2.35. The number of benzene rings is 2. The largest absolute Gasteiger partial charge is 0.354 e. The number of carbonyl (C=O) groups excluding carboxylic acids is 2. The molecule has 2 unspecified atom stereocenters. The van der Waals surface area contributed by atoms with Crippen molar-refractivity contribution in [1.29, 1.82) is 0 Å². The predicted octanol–water partition coefficient (Wildman–Crippen LogP) is 2.07. The molecule has 0 saturated carbocycles. The summed E-state index contributed by atoms with van der Waals surface area (Å²) in [5.74, 6) is -0.318. The third-order valence-electron chi connectivity index (χ3n) is 3.72. The summed E-state index contributed by atoms with van der Waals surface area (Å²) in [5, 5.41) is 5.65. The lowest BCUT2D eigenvalue weighted by molar-refractivity contribution is -0.122. The first-order valence-corrected chi connectivity index (χ1v) is 7.95. The van der Waals surface area contributed by atoms with E-state index in [1.54, 1.807) is 0 Å². The number of hydrogen-bond donors (Lipinski definition) is 3. The first-order chi connectivity index (χ1) is 11.6. The Labute approximate surface area is 142 Å². The zero-order valence-corrected chi connectivity index (χ0v) is 13.7. The molecule has 0 aliphatic carbocycles. The highest BCUT2D eigenvalue weighted by atomic mass is 16.2. The molecule has 2 atom stereocenters. The highest BCUT2D eigenvalue weighted by molar-refractivity contribution is 5.79. The maximum atomic E-state index is 12.2. The SMILES string of the molecule is CC(=O)NC(CC(=O)NCC(N)c1ccccc1)c1ccccc1. The molecular weight excluding hydrogens is 302 g/mol. The van der Waals surface area contributed by atoms with Gasteiger partial charge < -0.3 is 16.4 Å². The number of amides is 2. The molecule has 2 aromatic rings. The molecule has 0 aliphatic heterocycles. The van der Waals surface area contributed by atoms with Crippen LogP contribution in [-0.4, -0.2) is 18.4 Å². The van der Waals surface area contributed by atoms with Gasteiger partial charge in [-0.05, 0) is 11.1 Å². The van der Waals surface area contributed by atoms with Crippen molar-refractivity contribution in [3.63, 3.8) is 0 Å². The van der Waals surface area contributed by atoms with Gasteiger partial charge in [0.2, 0.25) is 11.8 Å². The van der Waals surface area contributed by atoms with Crippen molar-refractivity contribution in [2.45, 2.75) is 25.4 Å². The monoisotopic (exact) mass is 325 g/mol. The fourth-order valence-corrected chi connectivity index (χ4v) is 2.48.